The van der Waals surface area contributed by atoms with Crippen LogP contribution < -0.4 is 4.74 Å². The predicted molar refractivity (Wildman–Crippen MR) is 126 cm³/mol. The van der Waals surface area contributed by atoms with E-state index in [9.17, 15) is 9.90 Å². The van der Waals surface area contributed by atoms with Crippen molar-refractivity contribution in [1.29, 1.82) is 0 Å². The Bertz CT molecular complexity index is 887. The molecule has 4 nitrogen and oxygen atoms in total. The van der Waals surface area contributed by atoms with Crippen molar-refractivity contribution >= 4 is 18.4 Å². The Labute approximate surface area is 192 Å². The zero-order valence-electron chi connectivity index (χ0n) is 18.7. The predicted octanol–water partition coefficient (Wildman–Crippen LogP) is 5.00. The molecule has 0 spiro atoms. The second-order valence-electron chi connectivity index (χ2n) is 9.52. The maximum absolute atomic E-state index is 12.7. The number of ether oxygens (including phenoxy) is 1. The molecule has 2 aromatic carbocycles. The van der Waals surface area contributed by atoms with Crippen LogP contribution in [0.1, 0.15) is 49.7 Å². The fraction of sp³-hybridized carbons (Fsp3) is 0.500. The highest BCUT2D eigenvalue weighted by atomic mass is 35.5. The second kappa shape index (κ2) is 9.72. The lowest BCUT2D eigenvalue weighted by Crippen LogP contribution is -2.47. The largest absolute Gasteiger partial charge is 0.426 e. The average molecular weight is 444 g/mol. The number of esters is 1. The molecule has 31 heavy (non-hydrogen) atoms. The number of nitrogens with zero attached hydrogens (tertiary/aromatic N) is 1. The first kappa shape index (κ1) is 23.8. The molecule has 0 heterocycles. The van der Waals surface area contributed by atoms with Crippen molar-refractivity contribution in [2.45, 2.75) is 44.1 Å². The lowest BCUT2D eigenvalue weighted by molar-refractivity contribution is -0.135. The fourth-order valence-electron chi connectivity index (χ4n) is 5.58. The molecule has 0 radical (unpaired) electrons. The van der Waals surface area contributed by atoms with Gasteiger partial charge in [-0.3, -0.25) is 4.79 Å². The lowest BCUT2D eigenvalue weighted by Gasteiger charge is -2.45. The summed E-state index contributed by atoms with van der Waals surface area (Å²) in [5, 5.41) is 11.9. The van der Waals surface area contributed by atoms with E-state index in [0.717, 1.165) is 24.1 Å². The van der Waals surface area contributed by atoms with E-state index in [1.807, 2.05) is 55.5 Å². The first-order chi connectivity index (χ1) is 14.4. The molecule has 0 amide bonds. The number of hydrogen-bond donors (Lipinski definition) is 1. The van der Waals surface area contributed by atoms with E-state index in [0.29, 0.717) is 17.6 Å². The molecule has 2 aromatic rings. The highest BCUT2D eigenvalue weighted by molar-refractivity contribution is 5.85. The topological polar surface area (TPSA) is 49.8 Å². The van der Waals surface area contributed by atoms with Crippen molar-refractivity contribution in [2.24, 2.45) is 17.8 Å². The number of aliphatic hydroxyl groups is 1. The van der Waals surface area contributed by atoms with E-state index in [2.05, 4.69) is 19.0 Å². The van der Waals surface area contributed by atoms with Gasteiger partial charge in [-0.05, 0) is 75.4 Å². The molecule has 0 aliphatic heterocycles. The number of carbonyl (C=O) groups is 1. The molecule has 4 rings (SSSR count). The molecule has 0 aromatic heterocycles. The van der Waals surface area contributed by atoms with Crippen molar-refractivity contribution in [2.75, 3.05) is 20.6 Å². The highest BCUT2D eigenvalue weighted by Gasteiger charge is 2.51. The van der Waals surface area contributed by atoms with Crippen LogP contribution in [0.15, 0.2) is 54.6 Å². The summed E-state index contributed by atoms with van der Waals surface area (Å²) in [6, 6.07) is 17.2. The SMILES string of the molecule is CC(C(=O)Oc1cccc([C@]2(O)C[C@H]3CC[C@H](C3)[C@H]2CN(C)C)c1)c1ccccc1.Cl. The van der Waals surface area contributed by atoms with Gasteiger partial charge >= 0.3 is 5.97 Å². The molecule has 2 saturated carbocycles. The van der Waals surface area contributed by atoms with E-state index >= 15 is 0 Å². The van der Waals surface area contributed by atoms with Gasteiger partial charge in [0.2, 0.25) is 0 Å². The standard InChI is InChI=1S/C26H33NO3.ClH/c1-18(20-8-5-4-6-9-20)25(28)30-23-11-7-10-22(15-23)26(29)16-19-12-13-21(14-19)24(26)17-27(2)3;/h4-11,15,18-19,21,24,29H,12-14,16-17H2,1-3H3;1H/t18?,19-,21+,24+,26+;/m0./s1. The third kappa shape index (κ3) is 4.97. The summed E-state index contributed by atoms with van der Waals surface area (Å²) in [6.45, 7) is 2.73. The van der Waals surface area contributed by atoms with Gasteiger partial charge in [-0.15, -0.1) is 12.4 Å². The number of fused-ring (bicyclic) bond motifs is 2. The summed E-state index contributed by atoms with van der Waals surface area (Å²) in [4.78, 5) is 14.9. The summed E-state index contributed by atoms with van der Waals surface area (Å²) >= 11 is 0. The van der Waals surface area contributed by atoms with Crippen molar-refractivity contribution < 1.29 is 14.6 Å². The maximum atomic E-state index is 12.7. The van der Waals surface area contributed by atoms with E-state index in [1.54, 1.807) is 6.07 Å². The summed E-state index contributed by atoms with van der Waals surface area (Å²) < 4.78 is 5.73. The number of rotatable bonds is 6. The van der Waals surface area contributed by atoms with Crippen molar-refractivity contribution in [3.8, 4) is 5.75 Å². The zero-order valence-corrected chi connectivity index (χ0v) is 19.5. The summed E-state index contributed by atoms with van der Waals surface area (Å²) in [6.07, 6.45) is 4.43. The molecule has 5 heteroatoms. The second-order valence-corrected chi connectivity index (χ2v) is 9.52. The van der Waals surface area contributed by atoms with Crippen LogP contribution in [0.5, 0.6) is 5.75 Å². The third-order valence-electron chi connectivity index (χ3n) is 7.13. The summed E-state index contributed by atoms with van der Waals surface area (Å²) in [7, 11) is 4.15. The molecule has 1 unspecified atom stereocenters. The Kier molecular flexibility index (Phi) is 7.46. The van der Waals surface area contributed by atoms with Gasteiger partial charge in [0, 0.05) is 12.5 Å². The van der Waals surface area contributed by atoms with Gasteiger partial charge in [0.15, 0.2) is 0 Å². The molecule has 0 saturated heterocycles. The monoisotopic (exact) mass is 443 g/mol. The first-order valence-corrected chi connectivity index (χ1v) is 11.1. The minimum Gasteiger partial charge on any atom is -0.426 e. The smallest absolute Gasteiger partial charge is 0.318 e. The average Bonchev–Trinajstić information content (AvgIpc) is 3.14. The number of benzene rings is 2. The highest BCUT2D eigenvalue weighted by Crippen LogP contribution is 2.54. The van der Waals surface area contributed by atoms with E-state index in [4.69, 9.17) is 4.74 Å². The first-order valence-electron chi connectivity index (χ1n) is 11.1. The van der Waals surface area contributed by atoms with Crippen LogP contribution in [0.25, 0.3) is 0 Å². The third-order valence-corrected chi connectivity index (χ3v) is 7.13. The molecule has 2 aliphatic rings. The van der Waals surface area contributed by atoms with Crippen molar-refractivity contribution in [3.05, 3.63) is 65.7 Å². The summed E-state index contributed by atoms with van der Waals surface area (Å²) in [5.41, 5.74) is 0.942. The molecule has 168 valence electrons. The van der Waals surface area contributed by atoms with Crippen molar-refractivity contribution in [3.63, 3.8) is 0 Å². The molecular weight excluding hydrogens is 410 g/mol. The molecule has 5 atom stereocenters. The molecule has 2 fully saturated rings. The van der Waals surface area contributed by atoms with Crippen LogP contribution in [0.4, 0.5) is 0 Å². The van der Waals surface area contributed by atoms with E-state index in [1.165, 1.54) is 19.3 Å². The molecule has 1 N–H and O–H groups in total. The Hall–Kier alpha value is -1.88. The quantitative estimate of drug-likeness (QED) is 0.504. The Balaban J connectivity index is 0.00000272. The van der Waals surface area contributed by atoms with Crippen LogP contribution in [-0.4, -0.2) is 36.6 Å². The van der Waals surface area contributed by atoms with Gasteiger partial charge in [-0.25, -0.2) is 0 Å². The van der Waals surface area contributed by atoms with Crippen molar-refractivity contribution in [1.82, 2.24) is 4.90 Å². The van der Waals surface area contributed by atoms with Crippen LogP contribution >= 0.6 is 12.4 Å². The number of carbonyl (C=O) groups excluding carboxylic acids is 1. The van der Waals surface area contributed by atoms with Gasteiger partial charge in [0.25, 0.3) is 0 Å². The minimum absolute atomic E-state index is 0. The van der Waals surface area contributed by atoms with Crippen LogP contribution in [-0.2, 0) is 10.4 Å². The van der Waals surface area contributed by atoms with E-state index in [-0.39, 0.29) is 30.2 Å². The van der Waals surface area contributed by atoms with Gasteiger partial charge in [0.05, 0.1) is 11.5 Å². The Morgan fingerprint density at radius 3 is 2.61 bits per heavy atom. The Morgan fingerprint density at radius 2 is 1.90 bits per heavy atom. The van der Waals surface area contributed by atoms with E-state index < -0.39 is 5.60 Å². The van der Waals surface area contributed by atoms with Gasteiger partial charge in [-0.2, -0.15) is 0 Å². The van der Waals surface area contributed by atoms with Gasteiger partial charge in [-0.1, -0.05) is 48.9 Å². The fourth-order valence-corrected chi connectivity index (χ4v) is 5.58. The van der Waals surface area contributed by atoms with Crippen LogP contribution in [0.3, 0.4) is 0 Å². The summed E-state index contributed by atoms with van der Waals surface area (Å²) in [5.74, 6) is 1.22. The number of hydrogen-bond acceptors (Lipinski definition) is 4. The maximum Gasteiger partial charge on any atom is 0.318 e. The van der Waals surface area contributed by atoms with Crippen LogP contribution in [0, 0.1) is 17.8 Å². The minimum atomic E-state index is -0.873. The molecular formula is C26H34ClNO3. The van der Waals surface area contributed by atoms with Gasteiger partial charge in [0.1, 0.15) is 5.75 Å². The molecule has 2 aliphatic carbocycles. The zero-order chi connectivity index (χ0) is 21.3. The normalized spacial score (nSPS) is 28.1. The molecule has 2 bridgehead atoms. The number of halogens is 1. The Morgan fingerprint density at radius 1 is 1.16 bits per heavy atom. The lowest BCUT2D eigenvalue weighted by atomic mass is 9.66. The van der Waals surface area contributed by atoms with Gasteiger partial charge < -0.3 is 14.7 Å². The van der Waals surface area contributed by atoms with Crippen LogP contribution in [0.2, 0.25) is 0 Å².